The number of nitrogen functional groups attached to an aromatic ring is 1. The lowest BCUT2D eigenvalue weighted by molar-refractivity contribution is -0.302. The molecule has 5 aliphatic heterocycles. The number of likely N-dealkylation sites (N-methyl/N-ethyl adjacent to an activating group) is 1. The quantitative estimate of drug-likeness (QED) is 0.274. The van der Waals surface area contributed by atoms with Gasteiger partial charge in [-0.15, -0.1) is 0 Å². The van der Waals surface area contributed by atoms with Crippen molar-refractivity contribution in [1.82, 2.24) is 19.8 Å². The number of fused-ring (bicyclic) bond motifs is 5. The molecule has 5 fully saturated rings. The van der Waals surface area contributed by atoms with Gasteiger partial charge in [-0.25, -0.2) is 14.8 Å². The van der Waals surface area contributed by atoms with Crippen LogP contribution >= 0.6 is 0 Å². The van der Waals surface area contributed by atoms with E-state index in [1.165, 1.54) is 4.90 Å². The van der Waals surface area contributed by atoms with E-state index in [2.05, 4.69) is 4.98 Å². The second-order valence-electron chi connectivity index (χ2n) is 19.0. The number of amides is 1. The molecule has 0 radical (unpaired) electrons. The number of aliphatic hydroxyl groups is 1. The molecular weight excluding hydrogens is 813 g/mol. The molecule has 0 aromatic carbocycles. The van der Waals surface area contributed by atoms with Crippen molar-refractivity contribution < 1.29 is 52.7 Å². The lowest BCUT2D eigenvalue weighted by atomic mass is 9.73. The number of nitrogens with zero attached hydrogens (tertiary/aromatic N) is 5. The maximum Gasteiger partial charge on any atom is 0.411 e. The highest BCUT2D eigenvalue weighted by molar-refractivity contribution is 5.92. The van der Waals surface area contributed by atoms with Crippen LogP contribution in [0.3, 0.4) is 0 Å². The summed E-state index contributed by atoms with van der Waals surface area (Å²) in [6, 6.07) is 7.97. The van der Waals surface area contributed by atoms with Crippen molar-refractivity contribution in [3.05, 3.63) is 42.2 Å². The van der Waals surface area contributed by atoms with Crippen LogP contribution in [0.25, 0.3) is 11.3 Å². The number of cyclic esters (lactones) is 1. The Morgan fingerprint density at radius 2 is 1.81 bits per heavy atom. The minimum absolute atomic E-state index is 0.0123. The lowest BCUT2D eigenvalue weighted by Gasteiger charge is -2.48. The molecule has 17 heteroatoms. The zero-order chi connectivity index (χ0) is 45.5. The van der Waals surface area contributed by atoms with Crippen molar-refractivity contribution in [3.63, 3.8) is 0 Å². The maximum atomic E-state index is 14.9. The molecule has 1 amide bonds. The van der Waals surface area contributed by atoms with Gasteiger partial charge in [0.2, 0.25) is 0 Å². The van der Waals surface area contributed by atoms with Crippen LogP contribution in [0.4, 0.5) is 10.6 Å². The average molecular weight is 879 g/mol. The number of carbonyl (C=O) groups excluding carboxylic acids is 3. The van der Waals surface area contributed by atoms with Crippen molar-refractivity contribution in [3.8, 4) is 11.3 Å². The number of pyridine rings is 2. The fraction of sp³-hybridized carbons (Fsp3) is 0.696. The number of ketones is 1. The fourth-order valence-electron chi connectivity index (χ4n) is 10.6. The third-order valence-corrected chi connectivity index (χ3v) is 14.1. The number of aliphatic hydroxyl groups excluding tert-OH is 1. The largest absolute Gasteiger partial charge is 0.458 e. The molecule has 17 nitrogen and oxygen atoms in total. The monoisotopic (exact) mass is 878 g/mol. The van der Waals surface area contributed by atoms with E-state index in [0.29, 0.717) is 35.8 Å². The Morgan fingerprint density at radius 3 is 2.51 bits per heavy atom. The van der Waals surface area contributed by atoms with E-state index in [9.17, 15) is 19.5 Å². The molecule has 2 aromatic rings. The topological polar surface area (TPSA) is 207 Å². The van der Waals surface area contributed by atoms with Gasteiger partial charge in [-0.1, -0.05) is 38.9 Å². The van der Waals surface area contributed by atoms with Crippen molar-refractivity contribution in [2.45, 2.75) is 141 Å². The minimum Gasteiger partial charge on any atom is -0.458 e. The van der Waals surface area contributed by atoms with Crippen LogP contribution in [0.2, 0.25) is 0 Å². The Morgan fingerprint density at radius 1 is 1.05 bits per heavy atom. The molecule has 6 bridgehead atoms. The highest BCUT2D eigenvalue weighted by Gasteiger charge is 2.61. The molecule has 7 heterocycles. The summed E-state index contributed by atoms with van der Waals surface area (Å²) in [5, 5.41) is 16.5. The Bertz CT molecular complexity index is 2000. The number of nitrogens with two attached hydrogens (primary N) is 1. The maximum absolute atomic E-state index is 14.9. The number of hydrogen-bond donors (Lipinski definition) is 2. The van der Waals surface area contributed by atoms with Crippen LogP contribution in [0.5, 0.6) is 0 Å². The van der Waals surface area contributed by atoms with Gasteiger partial charge in [0.15, 0.2) is 18.5 Å². The van der Waals surface area contributed by atoms with Crippen LogP contribution in [-0.2, 0) is 49.5 Å². The third-order valence-electron chi connectivity index (χ3n) is 14.1. The number of hydrogen-bond acceptors (Lipinski definition) is 16. The molecular formula is C46H66N6O11. The second kappa shape index (κ2) is 18.7. The number of carbonyl (C=O) groups is 3. The molecule has 0 saturated carbocycles. The molecule has 5 aliphatic rings. The Labute approximate surface area is 370 Å². The summed E-state index contributed by atoms with van der Waals surface area (Å²) < 4.78 is 39.9. The van der Waals surface area contributed by atoms with E-state index in [0.717, 1.165) is 5.56 Å². The van der Waals surface area contributed by atoms with E-state index >= 15 is 0 Å². The number of esters is 1. The van der Waals surface area contributed by atoms with Crippen molar-refractivity contribution in [1.29, 1.82) is 0 Å². The van der Waals surface area contributed by atoms with E-state index in [4.69, 9.17) is 49.1 Å². The lowest BCUT2D eigenvalue weighted by Crippen LogP contribution is -2.61. The van der Waals surface area contributed by atoms with Crippen LogP contribution < -0.4 is 5.73 Å². The standard InChI is InChI=1S/C46H66N6O11/c1-11-35-46(8)40-26(4)37(53)24(2)18-45(7)41(62-43-38(54)34(51(9)10)17-25(3)60-43)27(5)39(28(6)42(55)61-35)57-21-30(22-58-45)33(20-52(40)44(56)63-46)50-59-23-31-13-12-14-32(49-31)29-15-16-36(47)48-19-29/h12-16,19,24-28,30,34-35,38-41,43,54H,11,17-18,20-23H2,1-10H3,(H2,47,48)/b50-33-/t24-,25-,26+,27+,28-,30?,34+,35-,38-,39+,40+,41-,43+,45?,46?/m1/s1. The normalized spacial score (nSPS) is 39.6. The summed E-state index contributed by atoms with van der Waals surface area (Å²) in [4.78, 5) is 62.2. The second-order valence-corrected chi connectivity index (χ2v) is 19.0. The van der Waals surface area contributed by atoms with Gasteiger partial charge in [0.1, 0.15) is 23.8 Å². The third kappa shape index (κ3) is 9.32. The summed E-state index contributed by atoms with van der Waals surface area (Å²) in [5.41, 5.74) is 5.63. The number of oxime groups is 1. The van der Waals surface area contributed by atoms with Crippen LogP contribution in [0.1, 0.15) is 80.3 Å². The van der Waals surface area contributed by atoms with Gasteiger partial charge in [-0.3, -0.25) is 14.5 Å². The van der Waals surface area contributed by atoms with E-state index in [1.807, 2.05) is 77.9 Å². The molecule has 346 valence electrons. The first kappa shape index (κ1) is 46.7. The summed E-state index contributed by atoms with van der Waals surface area (Å²) in [7, 11) is 3.82. The molecule has 15 atom stereocenters. The van der Waals surface area contributed by atoms with Gasteiger partial charge in [0.25, 0.3) is 0 Å². The molecule has 3 N–H and O–H groups in total. The summed E-state index contributed by atoms with van der Waals surface area (Å²) in [6.45, 7) is 14.7. The molecule has 0 aliphatic carbocycles. The zero-order valence-corrected chi connectivity index (χ0v) is 38.3. The van der Waals surface area contributed by atoms with E-state index < -0.39 is 89.6 Å². The van der Waals surface area contributed by atoms with E-state index in [1.54, 1.807) is 33.0 Å². The number of anilines is 1. The Balaban J connectivity index is 1.35. The van der Waals surface area contributed by atoms with Gasteiger partial charge in [-0.2, -0.15) is 0 Å². The Kier molecular flexibility index (Phi) is 13.9. The Hall–Kier alpha value is -4.26. The number of Topliss-reactive ketones (excluding diaryl/α,β-unsaturated/α-hetero) is 1. The van der Waals surface area contributed by atoms with Crippen LogP contribution in [0, 0.1) is 29.6 Å². The zero-order valence-electron chi connectivity index (χ0n) is 38.3. The molecule has 2 aromatic heterocycles. The SMILES string of the molecule is CC[C@H]1OC(=O)[C@H](C)[C@H]2OCC3COC(C)(C[C@@H](C)C(=O)[C@H](C)[C@@H]4N(C/C3=N/OCc3cccc(-c5ccc(N)nc5)n3)C(=O)OC41C)[C@H](O[C@@H]1O[C@H](C)C[C@H](N(C)C)[C@H]1O)[C@H]2C. The van der Waals surface area contributed by atoms with Gasteiger partial charge in [0.05, 0.1) is 72.7 Å². The fourth-order valence-corrected chi connectivity index (χ4v) is 10.6. The van der Waals surface area contributed by atoms with Gasteiger partial charge >= 0.3 is 12.1 Å². The minimum atomic E-state index is -1.41. The van der Waals surface area contributed by atoms with Gasteiger partial charge in [0, 0.05) is 41.5 Å². The number of rotatable bonds is 8. The highest BCUT2D eigenvalue weighted by Crippen LogP contribution is 2.45. The summed E-state index contributed by atoms with van der Waals surface area (Å²) in [6.07, 6.45) is -2.85. The predicted octanol–water partition coefficient (Wildman–Crippen LogP) is 4.63. The molecule has 63 heavy (non-hydrogen) atoms. The smallest absolute Gasteiger partial charge is 0.411 e. The first-order valence-electron chi connectivity index (χ1n) is 22.4. The average Bonchev–Trinajstić information content (AvgIpc) is 3.52. The van der Waals surface area contributed by atoms with Gasteiger partial charge < -0.3 is 49.0 Å². The first-order valence-corrected chi connectivity index (χ1v) is 22.4. The molecule has 3 unspecified atom stereocenters. The van der Waals surface area contributed by atoms with Gasteiger partial charge in [-0.05, 0) is 85.3 Å². The number of aromatic nitrogens is 2. The molecule has 5 saturated heterocycles. The summed E-state index contributed by atoms with van der Waals surface area (Å²) in [5.74, 6) is -3.73. The highest BCUT2D eigenvalue weighted by atomic mass is 16.7. The molecule has 7 rings (SSSR count). The van der Waals surface area contributed by atoms with Crippen molar-refractivity contribution in [2.24, 2.45) is 34.7 Å². The number of ether oxygens (including phenoxy) is 6. The van der Waals surface area contributed by atoms with Crippen LogP contribution in [0.15, 0.2) is 41.7 Å². The summed E-state index contributed by atoms with van der Waals surface area (Å²) >= 11 is 0. The van der Waals surface area contributed by atoms with Crippen LogP contribution in [-0.4, -0.2) is 142 Å². The van der Waals surface area contributed by atoms with Crippen molar-refractivity contribution >= 4 is 29.4 Å². The van der Waals surface area contributed by atoms with E-state index in [-0.39, 0.29) is 50.7 Å². The van der Waals surface area contributed by atoms with Crippen molar-refractivity contribution in [2.75, 3.05) is 39.6 Å². The molecule has 0 spiro atoms. The predicted molar refractivity (Wildman–Crippen MR) is 231 cm³/mol. The first-order chi connectivity index (χ1) is 29.8.